The van der Waals surface area contributed by atoms with Gasteiger partial charge in [-0.25, -0.2) is 4.39 Å². The summed E-state index contributed by atoms with van der Waals surface area (Å²) in [6.07, 6.45) is 0.667. The third-order valence-corrected chi connectivity index (χ3v) is 5.99. The molecule has 1 aromatic carbocycles. The fraction of sp³-hybridized carbons (Fsp3) is 0.316. The molecular formula is C19H19FN8S. The molecule has 0 radical (unpaired) electrons. The van der Waals surface area contributed by atoms with E-state index in [-0.39, 0.29) is 5.82 Å². The highest BCUT2D eigenvalue weighted by Crippen LogP contribution is 2.24. The van der Waals surface area contributed by atoms with Crippen LogP contribution in [0, 0.1) is 12.7 Å². The Morgan fingerprint density at radius 3 is 2.45 bits per heavy atom. The Labute approximate surface area is 170 Å². The van der Waals surface area contributed by atoms with Gasteiger partial charge in [0.2, 0.25) is 5.13 Å². The minimum Gasteiger partial charge on any atom is -0.352 e. The molecule has 0 amide bonds. The van der Waals surface area contributed by atoms with Crippen molar-refractivity contribution < 1.29 is 4.39 Å². The zero-order valence-corrected chi connectivity index (χ0v) is 16.7. The number of fused-ring (bicyclic) bond motifs is 1. The smallest absolute Gasteiger partial charge is 0.208 e. The molecule has 0 aliphatic carbocycles. The molecule has 148 valence electrons. The third-order valence-electron chi connectivity index (χ3n) is 5.00. The lowest BCUT2D eigenvalue weighted by molar-refractivity contribution is 0.627. The zero-order valence-electron chi connectivity index (χ0n) is 15.9. The van der Waals surface area contributed by atoms with Gasteiger partial charge in [-0.15, -0.1) is 25.5 Å². The van der Waals surface area contributed by atoms with E-state index in [1.807, 2.05) is 19.1 Å². The average Bonchev–Trinajstić information content (AvgIpc) is 3.37. The highest BCUT2D eigenvalue weighted by atomic mass is 32.1. The Bertz CT molecular complexity index is 1130. The number of nitrogens with zero attached hydrogens (tertiary/aromatic N) is 8. The minimum atomic E-state index is -0.224. The van der Waals surface area contributed by atoms with Gasteiger partial charge in [-0.2, -0.15) is 4.52 Å². The molecule has 1 aliphatic heterocycles. The van der Waals surface area contributed by atoms with Crippen molar-refractivity contribution in [3.63, 3.8) is 0 Å². The van der Waals surface area contributed by atoms with Gasteiger partial charge in [0.25, 0.3) is 0 Å². The maximum atomic E-state index is 13.1. The Morgan fingerprint density at radius 1 is 0.897 bits per heavy atom. The Kier molecular flexibility index (Phi) is 4.55. The number of hydrogen-bond acceptors (Lipinski definition) is 8. The summed E-state index contributed by atoms with van der Waals surface area (Å²) in [5.41, 5.74) is 1.79. The van der Waals surface area contributed by atoms with Gasteiger partial charge in [-0.1, -0.05) is 23.5 Å². The minimum absolute atomic E-state index is 0.224. The molecule has 0 N–H and O–H groups in total. The molecule has 0 spiro atoms. The van der Waals surface area contributed by atoms with Gasteiger partial charge in [-0.3, -0.25) is 0 Å². The molecule has 0 unspecified atom stereocenters. The first-order valence-corrected chi connectivity index (χ1v) is 10.2. The molecule has 0 saturated carbocycles. The van der Waals surface area contributed by atoms with Crippen molar-refractivity contribution in [1.82, 2.24) is 30.0 Å². The predicted molar refractivity (Wildman–Crippen MR) is 109 cm³/mol. The summed E-state index contributed by atoms with van der Waals surface area (Å²) in [4.78, 5) is 4.51. The van der Waals surface area contributed by atoms with E-state index in [9.17, 15) is 4.39 Å². The summed E-state index contributed by atoms with van der Waals surface area (Å²) >= 11 is 1.60. The maximum Gasteiger partial charge on any atom is 0.208 e. The van der Waals surface area contributed by atoms with Crippen LogP contribution in [0.2, 0.25) is 0 Å². The van der Waals surface area contributed by atoms with E-state index in [4.69, 9.17) is 0 Å². The number of rotatable bonds is 4. The van der Waals surface area contributed by atoms with Crippen molar-refractivity contribution in [2.24, 2.45) is 0 Å². The van der Waals surface area contributed by atoms with Gasteiger partial charge >= 0.3 is 0 Å². The van der Waals surface area contributed by atoms with Crippen LogP contribution in [0.4, 0.5) is 15.3 Å². The van der Waals surface area contributed by atoms with Crippen LogP contribution in [0.5, 0.6) is 0 Å². The summed E-state index contributed by atoms with van der Waals surface area (Å²) in [5, 5.41) is 23.3. The first kappa shape index (κ1) is 17.9. The van der Waals surface area contributed by atoms with Crippen LogP contribution < -0.4 is 9.80 Å². The second-order valence-electron chi connectivity index (χ2n) is 6.96. The molecular weight excluding hydrogens is 391 g/mol. The number of aryl methyl sites for hydroxylation is 1. The number of hydrogen-bond donors (Lipinski definition) is 0. The molecule has 1 saturated heterocycles. The van der Waals surface area contributed by atoms with Gasteiger partial charge in [0.05, 0.1) is 0 Å². The van der Waals surface area contributed by atoms with Gasteiger partial charge in [0, 0.05) is 32.6 Å². The Balaban J connectivity index is 1.24. The molecule has 0 bridgehead atoms. The third kappa shape index (κ3) is 3.63. The first-order valence-electron chi connectivity index (χ1n) is 9.41. The van der Waals surface area contributed by atoms with E-state index >= 15 is 0 Å². The normalized spacial score (nSPS) is 14.7. The number of piperazine rings is 1. The van der Waals surface area contributed by atoms with Crippen LogP contribution in [0.1, 0.15) is 16.4 Å². The fourth-order valence-electron chi connectivity index (χ4n) is 3.40. The van der Waals surface area contributed by atoms with Crippen LogP contribution in [0.15, 0.2) is 36.4 Å². The van der Waals surface area contributed by atoms with E-state index in [0.717, 1.165) is 59.2 Å². The van der Waals surface area contributed by atoms with Crippen LogP contribution in [-0.4, -0.2) is 56.2 Å². The summed E-state index contributed by atoms with van der Waals surface area (Å²) in [7, 11) is 0. The molecule has 1 fully saturated rings. The summed E-state index contributed by atoms with van der Waals surface area (Å²) in [5.74, 6) is 1.48. The van der Waals surface area contributed by atoms with E-state index < -0.39 is 0 Å². The van der Waals surface area contributed by atoms with Crippen LogP contribution >= 0.6 is 11.3 Å². The molecule has 4 heterocycles. The van der Waals surface area contributed by atoms with Crippen LogP contribution in [0.25, 0.3) is 5.65 Å². The molecule has 3 aromatic heterocycles. The largest absolute Gasteiger partial charge is 0.352 e. The SMILES string of the molecule is Cc1nnc2ccc(N3CCN(c4nnc(Cc5ccc(F)cc5)s4)CC3)nn12. The number of halogens is 1. The predicted octanol–water partition coefficient (Wildman–Crippen LogP) is 2.34. The Hall–Kier alpha value is -3.14. The highest BCUT2D eigenvalue weighted by Gasteiger charge is 2.21. The van der Waals surface area contributed by atoms with E-state index in [1.54, 1.807) is 28.0 Å². The highest BCUT2D eigenvalue weighted by molar-refractivity contribution is 7.15. The zero-order chi connectivity index (χ0) is 19.8. The average molecular weight is 410 g/mol. The molecule has 4 aromatic rings. The van der Waals surface area contributed by atoms with Crippen molar-refractivity contribution >= 4 is 27.9 Å². The number of aromatic nitrogens is 6. The van der Waals surface area contributed by atoms with Gasteiger partial charge in [0.1, 0.15) is 16.6 Å². The second-order valence-corrected chi connectivity index (χ2v) is 8.00. The quantitative estimate of drug-likeness (QED) is 0.511. The van der Waals surface area contributed by atoms with Gasteiger partial charge in [-0.05, 0) is 36.8 Å². The standard InChI is InChI=1S/C19H19FN8S/c1-13-21-22-16-6-7-17(25-28(13)16)26-8-10-27(11-9-26)19-24-23-18(29-19)12-14-2-4-15(20)5-3-14/h2-7H,8-12H2,1H3. The van der Waals surface area contributed by atoms with E-state index in [1.165, 1.54) is 12.1 Å². The van der Waals surface area contributed by atoms with E-state index in [2.05, 4.69) is 35.3 Å². The lowest BCUT2D eigenvalue weighted by Crippen LogP contribution is -2.47. The topological polar surface area (TPSA) is 75.3 Å². The van der Waals surface area contributed by atoms with Crippen molar-refractivity contribution in [3.8, 4) is 0 Å². The van der Waals surface area contributed by atoms with E-state index in [0.29, 0.717) is 6.42 Å². The van der Waals surface area contributed by atoms with Crippen molar-refractivity contribution in [2.45, 2.75) is 13.3 Å². The van der Waals surface area contributed by atoms with Crippen LogP contribution in [0.3, 0.4) is 0 Å². The first-order chi connectivity index (χ1) is 14.2. The molecule has 8 nitrogen and oxygen atoms in total. The summed E-state index contributed by atoms with van der Waals surface area (Å²) in [6.45, 7) is 5.31. The monoisotopic (exact) mass is 410 g/mol. The van der Waals surface area contributed by atoms with Crippen molar-refractivity contribution in [1.29, 1.82) is 0 Å². The molecule has 10 heteroatoms. The van der Waals surface area contributed by atoms with Crippen molar-refractivity contribution in [2.75, 3.05) is 36.0 Å². The molecule has 29 heavy (non-hydrogen) atoms. The van der Waals surface area contributed by atoms with Gasteiger partial charge < -0.3 is 9.80 Å². The second kappa shape index (κ2) is 7.36. The van der Waals surface area contributed by atoms with Gasteiger partial charge in [0.15, 0.2) is 11.5 Å². The fourth-order valence-corrected chi connectivity index (χ4v) is 4.33. The molecule has 5 rings (SSSR count). The lowest BCUT2D eigenvalue weighted by Gasteiger charge is -2.34. The number of anilines is 2. The van der Waals surface area contributed by atoms with Crippen LogP contribution in [-0.2, 0) is 6.42 Å². The summed E-state index contributed by atoms with van der Waals surface area (Å²) in [6, 6.07) is 10.5. The van der Waals surface area contributed by atoms with Crippen molar-refractivity contribution in [3.05, 3.63) is 58.6 Å². The maximum absolute atomic E-state index is 13.1. The molecule has 1 aliphatic rings. The lowest BCUT2D eigenvalue weighted by atomic mass is 10.2. The number of benzene rings is 1. The Morgan fingerprint density at radius 2 is 1.66 bits per heavy atom. The molecule has 0 atom stereocenters. The summed E-state index contributed by atoms with van der Waals surface area (Å²) < 4.78 is 14.8.